The summed E-state index contributed by atoms with van der Waals surface area (Å²) < 4.78 is 36.9. The molecule has 1 atom stereocenters. The molecule has 1 fully saturated rings. The number of nitrogens with one attached hydrogen (secondary N) is 2. The van der Waals surface area contributed by atoms with Gasteiger partial charge in [0.25, 0.3) is 5.91 Å². The second-order valence-corrected chi connectivity index (χ2v) is 4.86. The standard InChI is InChI=1S/C12H16F3N5O/c1-16-11(21)9-2-3-10(19-18-9)17-8-4-5-20(6-8)7-12(13,14)15/h2-3,8H,4-7H2,1H3,(H,16,21)(H,17,19). The highest BCUT2D eigenvalue weighted by Crippen LogP contribution is 2.21. The minimum Gasteiger partial charge on any atom is -0.365 e. The SMILES string of the molecule is CNC(=O)c1ccc(NC2CCN(CC(F)(F)F)C2)nn1. The van der Waals surface area contributed by atoms with Crippen molar-refractivity contribution in [2.75, 3.05) is 32.0 Å². The Morgan fingerprint density at radius 2 is 2.19 bits per heavy atom. The fourth-order valence-corrected chi connectivity index (χ4v) is 2.22. The van der Waals surface area contributed by atoms with Crippen LogP contribution >= 0.6 is 0 Å². The molecule has 0 aromatic carbocycles. The average molecular weight is 303 g/mol. The molecular weight excluding hydrogens is 287 g/mol. The van der Waals surface area contributed by atoms with Gasteiger partial charge in [0.05, 0.1) is 6.54 Å². The molecule has 1 aromatic rings. The van der Waals surface area contributed by atoms with Gasteiger partial charge in [0.15, 0.2) is 5.69 Å². The van der Waals surface area contributed by atoms with Gasteiger partial charge >= 0.3 is 6.18 Å². The number of hydrogen-bond acceptors (Lipinski definition) is 5. The maximum absolute atomic E-state index is 12.3. The highest BCUT2D eigenvalue weighted by atomic mass is 19.4. The van der Waals surface area contributed by atoms with Crippen molar-refractivity contribution in [3.05, 3.63) is 17.8 Å². The number of carbonyl (C=O) groups is 1. The Balaban J connectivity index is 1.87. The predicted molar refractivity (Wildman–Crippen MR) is 69.9 cm³/mol. The fourth-order valence-electron chi connectivity index (χ4n) is 2.22. The summed E-state index contributed by atoms with van der Waals surface area (Å²) in [5.74, 6) is 0.104. The van der Waals surface area contributed by atoms with Gasteiger partial charge in [-0.25, -0.2) is 0 Å². The molecule has 1 unspecified atom stereocenters. The summed E-state index contributed by atoms with van der Waals surface area (Å²) in [5, 5.41) is 13.1. The zero-order chi connectivity index (χ0) is 15.5. The number of amides is 1. The molecule has 1 aliphatic rings. The summed E-state index contributed by atoms with van der Waals surface area (Å²) in [6, 6.07) is 2.99. The third-order valence-electron chi connectivity index (χ3n) is 3.15. The summed E-state index contributed by atoms with van der Waals surface area (Å²) in [7, 11) is 1.49. The van der Waals surface area contributed by atoms with E-state index >= 15 is 0 Å². The van der Waals surface area contributed by atoms with Crippen LogP contribution in [0.1, 0.15) is 16.9 Å². The van der Waals surface area contributed by atoms with Gasteiger partial charge in [0, 0.05) is 26.2 Å². The van der Waals surface area contributed by atoms with Crippen molar-refractivity contribution >= 4 is 11.7 Å². The van der Waals surface area contributed by atoms with Gasteiger partial charge in [-0.2, -0.15) is 13.2 Å². The first-order valence-electron chi connectivity index (χ1n) is 6.49. The Bertz CT molecular complexity index is 491. The lowest BCUT2D eigenvalue weighted by molar-refractivity contribution is -0.143. The second-order valence-electron chi connectivity index (χ2n) is 4.86. The lowest BCUT2D eigenvalue weighted by Crippen LogP contribution is -2.34. The second kappa shape index (κ2) is 6.25. The average Bonchev–Trinajstić information content (AvgIpc) is 2.83. The topological polar surface area (TPSA) is 70.2 Å². The van der Waals surface area contributed by atoms with Crippen LogP contribution in [0.25, 0.3) is 0 Å². The summed E-state index contributed by atoms with van der Waals surface area (Å²) in [6.45, 7) is -0.203. The number of rotatable bonds is 4. The zero-order valence-electron chi connectivity index (χ0n) is 11.4. The van der Waals surface area contributed by atoms with Gasteiger partial charge in [-0.05, 0) is 18.6 Å². The van der Waals surface area contributed by atoms with E-state index in [-0.39, 0.29) is 17.6 Å². The van der Waals surface area contributed by atoms with Gasteiger partial charge in [-0.15, -0.1) is 10.2 Å². The molecular formula is C12H16F3N5O. The molecule has 1 saturated heterocycles. The fraction of sp³-hybridized carbons (Fsp3) is 0.583. The van der Waals surface area contributed by atoms with E-state index in [2.05, 4.69) is 20.8 Å². The molecule has 2 heterocycles. The van der Waals surface area contributed by atoms with E-state index in [0.717, 1.165) is 0 Å². The van der Waals surface area contributed by atoms with Gasteiger partial charge in [-0.1, -0.05) is 0 Å². The number of aromatic nitrogens is 2. The van der Waals surface area contributed by atoms with E-state index in [9.17, 15) is 18.0 Å². The summed E-state index contributed by atoms with van der Waals surface area (Å²) in [4.78, 5) is 12.6. The third kappa shape index (κ3) is 4.55. The maximum Gasteiger partial charge on any atom is 0.401 e. The van der Waals surface area contributed by atoms with Crippen LogP contribution in [0.5, 0.6) is 0 Å². The van der Waals surface area contributed by atoms with Crippen molar-refractivity contribution in [2.45, 2.75) is 18.6 Å². The first-order valence-corrected chi connectivity index (χ1v) is 6.49. The van der Waals surface area contributed by atoms with Crippen LogP contribution in [0, 0.1) is 0 Å². The van der Waals surface area contributed by atoms with Crippen LogP contribution in [0.4, 0.5) is 19.0 Å². The number of nitrogens with zero attached hydrogens (tertiary/aromatic N) is 3. The molecule has 1 amide bonds. The first-order chi connectivity index (χ1) is 9.87. The molecule has 21 heavy (non-hydrogen) atoms. The van der Waals surface area contributed by atoms with Crippen molar-refractivity contribution in [3.8, 4) is 0 Å². The zero-order valence-corrected chi connectivity index (χ0v) is 11.4. The van der Waals surface area contributed by atoms with Gasteiger partial charge < -0.3 is 10.6 Å². The van der Waals surface area contributed by atoms with E-state index < -0.39 is 12.7 Å². The molecule has 116 valence electrons. The number of alkyl halides is 3. The van der Waals surface area contributed by atoms with Crippen molar-refractivity contribution in [3.63, 3.8) is 0 Å². The van der Waals surface area contributed by atoms with E-state index in [1.165, 1.54) is 18.0 Å². The van der Waals surface area contributed by atoms with Crippen LogP contribution in [0.2, 0.25) is 0 Å². The molecule has 0 spiro atoms. The lowest BCUT2D eigenvalue weighted by atomic mass is 10.2. The maximum atomic E-state index is 12.3. The minimum atomic E-state index is -4.18. The molecule has 1 aromatic heterocycles. The monoisotopic (exact) mass is 303 g/mol. The number of anilines is 1. The van der Waals surface area contributed by atoms with Crippen LogP contribution in [-0.2, 0) is 0 Å². The molecule has 2 rings (SSSR count). The van der Waals surface area contributed by atoms with Crippen molar-refractivity contribution in [1.29, 1.82) is 0 Å². The summed E-state index contributed by atoms with van der Waals surface area (Å²) in [6.07, 6.45) is -3.57. The van der Waals surface area contributed by atoms with Gasteiger partial charge in [-0.3, -0.25) is 9.69 Å². The van der Waals surface area contributed by atoms with Crippen LogP contribution in [0.15, 0.2) is 12.1 Å². The normalized spacial score (nSPS) is 19.5. The van der Waals surface area contributed by atoms with Gasteiger partial charge in [0.1, 0.15) is 5.82 Å². The predicted octanol–water partition coefficient (Wildman–Crippen LogP) is 0.885. The highest BCUT2D eigenvalue weighted by Gasteiger charge is 2.34. The lowest BCUT2D eigenvalue weighted by Gasteiger charge is -2.18. The Labute approximate surface area is 119 Å². The van der Waals surface area contributed by atoms with Crippen LogP contribution in [-0.4, -0.2) is 59.9 Å². The van der Waals surface area contributed by atoms with E-state index in [4.69, 9.17) is 0 Å². The van der Waals surface area contributed by atoms with Gasteiger partial charge in [0.2, 0.25) is 0 Å². The van der Waals surface area contributed by atoms with Crippen molar-refractivity contribution < 1.29 is 18.0 Å². The van der Waals surface area contributed by atoms with Crippen molar-refractivity contribution in [1.82, 2.24) is 20.4 Å². The molecule has 2 N–H and O–H groups in total. The number of hydrogen-bond donors (Lipinski definition) is 2. The van der Waals surface area contributed by atoms with Crippen molar-refractivity contribution in [2.24, 2.45) is 0 Å². The molecule has 0 radical (unpaired) electrons. The molecule has 9 heteroatoms. The first kappa shape index (κ1) is 15.5. The minimum absolute atomic E-state index is 0.104. The highest BCUT2D eigenvalue weighted by molar-refractivity contribution is 5.91. The third-order valence-corrected chi connectivity index (χ3v) is 3.15. The number of carbonyl (C=O) groups excluding carboxylic acids is 1. The smallest absolute Gasteiger partial charge is 0.365 e. The van der Waals surface area contributed by atoms with E-state index in [0.29, 0.717) is 25.3 Å². The number of likely N-dealkylation sites (tertiary alicyclic amines) is 1. The molecule has 0 saturated carbocycles. The molecule has 6 nitrogen and oxygen atoms in total. The summed E-state index contributed by atoms with van der Waals surface area (Å²) >= 11 is 0. The number of halogens is 3. The Morgan fingerprint density at radius 3 is 2.76 bits per heavy atom. The summed E-state index contributed by atoms with van der Waals surface area (Å²) in [5.41, 5.74) is 0.188. The molecule has 0 bridgehead atoms. The van der Waals surface area contributed by atoms with Crippen LogP contribution in [0.3, 0.4) is 0 Å². The Hall–Kier alpha value is -1.90. The van der Waals surface area contributed by atoms with Crippen LogP contribution < -0.4 is 10.6 Å². The molecule has 0 aliphatic carbocycles. The molecule has 1 aliphatic heterocycles. The largest absolute Gasteiger partial charge is 0.401 e. The van der Waals surface area contributed by atoms with E-state index in [1.54, 1.807) is 6.07 Å². The van der Waals surface area contributed by atoms with E-state index in [1.807, 2.05) is 0 Å². The Morgan fingerprint density at radius 1 is 1.43 bits per heavy atom. The quantitative estimate of drug-likeness (QED) is 0.864. The Kier molecular flexibility index (Phi) is 4.61.